The van der Waals surface area contributed by atoms with Crippen LogP contribution < -0.4 is 10.1 Å². The van der Waals surface area contributed by atoms with E-state index in [0.717, 1.165) is 58.2 Å². The quantitative estimate of drug-likeness (QED) is 0.208. The van der Waals surface area contributed by atoms with Gasteiger partial charge in [0, 0.05) is 5.39 Å². The predicted octanol–water partition coefficient (Wildman–Crippen LogP) is 7.69. The van der Waals surface area contributed by atoms with E-state index < -0.39 is 21.7 Å². The number of nitrogens with one attached hydrogen (secondary N) is 1. The summed E-state index contributed by atoms with van der Waals surface area (Å²) < 4.78 is 45.5. The van der Waals surface area contributed by atoms with Gasteiger partial charge in [-0.15, -0.1) is 0 Å². The number of pyridine rings is 1. The van der Waals surface area contributed by atoms with Crippen LogP contribution in [0.1, 0.15) is 58.0 Å². The topological polar surface area (TPSA) is 85.4 Å². The van der Waals surface area contributed by atoms with Crippen molar-refractivity contribution in [1.82, 2.24) is 10.3 Å². The van der Waals surface area contributed by atoms with Crippen molar-refractivity contribution in [2.45, 2.75) is 36.6 Å². The first kappa shape index (κ1) is 28.0. The number of carbonyl (C=O) groups is 1. The summed E-state index contributed by atoms with van der Waals surface area (Å²) in [6, 6.07) is 28.1. The highest BCUT2D eigenvalue weighted by atomic mass is 32.2. The van der Waals surface area contributed by atoms with E-state index in [2.05, 4.69) is 11.4 Å². The first-order valence-corrected chi connectivity index (χ1v) is 16.3. The number of fused-ring (bicyclic) bond motifs is 3. The molecule has 2 heterocycles. The Hall–Kier alpha value is -4.82. The van der Waals surface area contributed by atoms with Gasteiger partial charge in [0.15, 0.2) is 9.84 Å². The maximum Gasteiger partial charge on any atom is 0.252 e. The summed E-state index contributed by atoms with van der Waals surface area (Å²) in [6.07, 6.45) is 4.63. The molecule has 1 aliphatic heterocycles. The molecule has 0 saturated heterocycles. The zero-order valence-corrected chi connectivity index (χ0v) is 24.6. The van der Waals surface area contributed by atoms with E-state index in [1.807, 2.05) is 78.9 Å². The fourth-order valence-corrected chi connectivity index (χ4v) is 7.79. The average Bonchev–Trinajstić information content (AvgIpc) is 3.03. The molecule has 0 saturated carbocycles. The molecular formula is C36H29FN2O4S. The number of amides is 1. The van der Waals surface area contributed by atoms with Crippen LogP contribution in [-0.2, 0) is 16.3 Å². The van der Waals surface area contributed by atoms with Crippen LogP contribution in [0.5, 0.6) is 11.5 Å². The number of rotatable bonds is 5. The zero-order chi connectivity index (χ0) is 30.3. The summed E-state index contributed by atoms with van der Waals surface area (Å²) in [6.45, 7) is 0. The molecule has 0 fully saturated rings. The van der Waals surface area contributed by atoms with Gasteiger partial charge in [-0.1, -0.05) is 48.5 Å². The van der Waals surface area contributed by atoms with Gasteiger partial charge in [-0.25, -0.2) is 17.8 Å². The number of hydrogen-bond donors (Lipinski definition) is 1. The first-order valence-electron chi connectivity index (χ1n) is 14.6. The van der Waals surface area contributed by atoms with Gasteiger partial charge in [0.25, 0.3) is 5.91 Å². The molecule has 6 nitrogen and oxygen atoms in total. The Balaban J connectivity index is 1.24. The molecule has 1 N–H and O–H groups in total. The minimum Gasteiger partial charge on any atom is -0.457 e. The number of ether oxygens (including phenoxy) is 1. The number of nitrogens with zero attached hydrogens (tertiary/aromatic N) is 1. The van der Waals surface area contributed by atoms with Crippen molar-refractivity contribution in [1.29, 1.82) is 0 Å². The van der Waals surface area contributed by atoms with E-state index in [0.29, 0.717) is 17.5 Å². The maximum absolute atomic E-state index is 14.2. The minimum absolute atomic E-state index is 0.0717. The maximum atomic E-state index is 14.2. The van der Waals surface area contributed by atoms with Gasteiger partial charge in [0.2, 0.25) is 0 Å². The molecule has 44 heavy (non-hydrogen) atoms. The summed E-state index contributed by atoms with van der Waals surface area (Å²) in [5, 5.41) is 3.79. The first-order chi connectivity index (χ1) is 21.4. The average molecular weight is 605 g/mol. The van der Waals surface area contributed by atoms with Gasteiger partial charge in [-0.2, -0.15) is 0 Å². The van der Waals surface area contributed by atoms with Crippen LogP contribution in [0.3, 0.4) is 0 Å². The number of para-hydroxylation sites is 2. The monoisotopic (exact) mass is 604 g/mol. The standard InChI is InChI=1S/C36H29FN2O4S/c37-25-15-18-33-30(22-25)32(19-20-44(33,41)42)39-36(40)34-28-10-4-5-12-31(28)38-35-24(7-6-11-29(34)35)21-23-13-16-27(17-14-23)43-26-8-2-1-3-9-26/h1-5,8-10,12-18,21-22,32H,6-7,11,19-20H2,(H,39,40)/b24-21-. The summed E-state index contributed by atoms with van der Waals surface area (Å²) in [7, 11) is -3.54. The van der Waals surface area contributed by atoms with Crippen LogP contribution in [0.4, 0.5) is 4.39 Å². The molecule has 1 atom stereocenters. The second-order valence-corrected chi connectivity index (χ2v) is 13.2. The van der Waals surface area contributed by atoms with Crippen molar-refractivity contribution in [2.24, 2.45) is 0 Å². The Bertz CT molecular complexity index is 2040. The highest BCUT2D eigenvalue weighted by Crippen LogP contribution is 2.38. The zero-order valence-electron chi connectivity index (χ0n) is 23.8. The molecule has 1 aliphatic carbocycles. The number of benzene rings is 4. The molecule has 1 amide bonds. The van der Waals surface area contributed by atoms with Gasteiger partial charge in [0.1, 0.15) is 17.3 Å². The van der Waals surface area contributed by atoms with Gasteiger partial charge >= 0.3 is 0 Å². The molecule has 0 bridgehead atoms. The van der Waals surface area contributed by atoms with E-state index in [4.69, 9.17) is 9.72 Å². The second-order valence-electron chi connectivity index (χ2n) is 11.2. The van der Waals surface area contributed by atoms with Gasteiger partial charge in [0.05, 0.1) is 33.5 Å². The molecule has 8 heteroatoms. The van der Waals surface area contributed by atoms with Crippen LogP contribution in [-0.4, -0.2) is 25.1 Å². The van der Waals surface area contributed by atoms with Crippen molar-refractivity contribution >= 4 is 38.3 Å². The highest BCUT2D eigenvalue weighted by Gasteiger charge is 2.33. The molecule has 7 rings (SSSR count). The van der Waals surface area contributed by atoms with E-state index in [1.54, 1.807) is 0 Å². The van der Waals surface area contributed by atoms with E-state index in [9.17, 15) is 17.6 Å². The molecular weight excluding hydrogens is 575 g/mol. The Morgan fingerprint density at radius 1 is 0.909 bits per heavy atom. The molecule has 220 valence electrons. The van der Waals surface area contributed by atoms with E-state index >= 15 is 0 Å². The van der Waals surface area contributed by atoms with Crippen molar-refractivity contribution < 1.29 is 22.3 Å². The number of hydrogen-bond acceptors (Lipinski definition) is 5. The fourth-order valence-electron chi connectivity index (χ4n) is 6.19. The van der Waals surface area contributed by atoms with Gasteiger partial charge < -0.3 is 10.1 Å². The summed E-state index contributed by atoms with van der Waals surface area (Å²) in [5.74, 6) is 0.533. The molecule has 5 aromatic rings. The van der Waals surface area contributed by atoms with Crippen LogP contribution in [0, 0.1) is 5.82 Å². The fraction of sp³-hybridized carbons (Fsp3) is 0.167. The van der Waals surface area contributed by atoms with Crippen LogP contribution in [0.15, 0.2) is 102 Å². The number of sulfone groups is 1. The third kappa shape index (κ3) is 5.37. The molecule has 2 aliphatic rings. The smallest absolute Gasteiger partial charge is 0.252 e. The van der Waals surface area contributed by atoms with Crippen LogP contribution in [0.25, 0.3) is 22.6 Å². The van der Waals surface area contributed by atoms with E-state index in [1.165, 1.54) is 12.1 Å². The summed E-state index contributed by atoms with van der Waals surface area (Å²) >= 11 is 0. The minimum atomic E-state index is -3.54. The molecule has 0 radical (unpaired) electrons. The van der Waals surface area contributed by atoms with Crippen LogP contribution >= 0.6 is 0 Å². The van der Waals surface area contributed by atoms with Crippen LogP contribution in [0.2, 0.25) is 0 Å². The Morgan fingerprint density at radius 3 is 2.48 bits per heavy atom. The normalized spacial score (nSPS) is 17.9. The van der Waals surface area contributed by atoms with Gasteiger partial charge in [-0.3, -0.25) is 4.79 Å². The molecule has 4 aromatic carbocycles. The lowest BCUT2D eigenvalue weighted by Gasteiger charge is -2.28. The third-order valence-corrected chi connectivity index (χ3v) is 10.1. The Kier molecular flexibility index (Phi) is 7.22. The van der Waals surface area contributed by atoms with Gasteiger partial charge in [-0.05, 0) is 103 Å². The number of carbonyl (C=O) groups excluding carboxylic acids is 1. The number of aromatic nitrogens is 1. The van der Waals surface area contributed by atoms with Crippen molar-refractivity contribution in [3.05, 3.63) is 131 Å². The lowest BCUT2D eigenvalue weighted by molar-refractivity contribution is 0.0935. The number of allylic oxidation sites excluding steroid dienone is 1. The molecule has 0 spiro atoms. The lowest BCUT2D eigenvalue weighted by Crippen LogP contribution is -2.35. The molecule has 1 unspecified atom stereocenters. The van der Waals surface area contributed by atoms with E-state index in [-0.39, 0.29) is 28.5 Å². The highest BCUT2D eigenvalue weighted by molar-refractivity contribution is 7.91. The van der Waals surface area contributed by atoms with Crippen molar-refractivity contribution in [3.63, 3.8) is 0 Å². The second kappa shape index (κ2) is 11.4. The number of halogens is 1. The largest absolute Gasteiger partial charge is 0.457 e. The lowest BCUT2D eigenvalue weighted by atomic mass is 9.85. The Morgan fingerprint density at radius 2 is 1.66 bits per heavy atom. The predicted molar refractivity (Wildman–Crippen MR) is 169 cm³/mol. The Labute approximate surface area is 255 Å². The third-order valence-electron chi connectivity index (χ3n) is 8.26. The van der Waals surface area contributed by atoms with Crippen molar-refractivity contribution in [3.8, 4) is 11.5 Å². The summed E-state index contributed by atoms with van der Waals surface area (Å²) in [5.41, 5.74) is 5.23. The molecule has 1 aromatic heterocycles. The summed E-state index contributed by atoms with van der Waals surface area (Å²) in [4.78, 5) is 19.2. The van der Waals surface area contributed by atoms with Crippen molar-refractivity contribution in [2.75, 3.05) is 5.75 Å². The SMILES string of the molecule is O=C(NC1CCS(=O)(=O)c2ccc(F)cc21)c1c2c(nc3ccccc13)/C(=C\c1ccc(Oc3ccccc3)cc1)CCC2.